The van der Waals surface area contributed by atoms with E-state index in [9.17, 15) is 43.3 Å². The fourth-order valence-electron chi connectivity index (χ4n) is 9.23. The summed E-state index contributed by atoms with van der Waals surface area (Å²) in [6.07, 6.45) is 40.0. The Balaban J connectivity index is 2.44. The predicted octanol–water partition coefficient (Wildman–Crippen LogP) is 11.6. The molecule has 8 atom stereocenters. The van der Waals surface area contributed by atoms with Crippen LogP contribution in [0.5, 0.6) is 0 Å². The molecular weight excluding hydrogens is 887 g/mol. The van der Waals surface area contributed by atoms with E-state index in [1.54, 1.807) is 6.08 Å². The lowest BCUT2D eigenvalue weighted by Crippen LogP contribution is -2.61. The van der Waals surface area contributed by atoms with E-state index in [1.165, 1.54) is 193 Å². The van der Waals surface area contributed by atoms with Crippen molar-refractivity contribution >= 4 is 16.3 Å². The summed E-state index contributed by atoms with van der Waals surface area (Å²) in [6, 6.07) is -1.12. The van der Waals surface area contributed by atoms with E-state index in [-0.39, 0.29) is 6.42 Å². The van der Waals surface area contributed by atoms with Gasteiger partial charge in [0.15, 0.2) is 6.29 Å². The van der Waals surface area contributed by atoms with Crippen LogP contribution in [0.15, 0.2) is 12.2 Å². The Morgan fingerprint density at radius 2 is 0.956 bits per heavy atom. The van der Waals surface area contributed by atoms with Crippen molar-refractivity contribution in [1.82, 2.24) is 5.32 Å². The van der Waals surface area contributed by atoms with Gasteiger partial charge < -0.3 is 40.3 Å². The monoisotopic (exact) mass is 992 g/mol. The Morgan fingerprint density at radius 3 is 1.32 bits per heavy atom. The molecule has 0 spiro atoms. The van der Waals surface area contributed by atoms with E-state index >= 15 is 0 Å². The van der Waals surface area contributed by atoms with E-state index in [0.29, 0.717) is 12.8 Å². The maximum atomic E-state index is 13.2. The third-order valence-electron chi connectivity index (χ3n) is 13.7. The molecule has 0 bridgehead atoms. The number of allylic oxidation sites excluding steroid dienone is 1. The molecule has 1 aliphatic heterocycles. The number of unbranched alkanes of at least 4 members (excludes halogenated alkanes) is 36. The first-order chi connectivity index (χ1) is 32.9. The van der Waals surface area contributed by atoms with Crippen LogP contribution in [0.1, 0.15) is 264 Å². The molecule has 0 aliphatic carbocycles. The highest BCUT2D eigenvalue weighted by Gasteiger charge is 2.48. The van der Waals surface area contributed by atoms with Crippen molar-refractivity contribution in [3.8, 4) is 0 Å². The summed E-state index contributed by atoms with van der Waals surface area (Å²) in [5, 5.41) is 55.5. The molecule has 14 heteroatoms. The van der Waals surface area contributed by atoms with Crippen LogP contribution >= 0.6 is 0 Å². The van der Waals surface area contributed by atoms with Gasteiger partial charge in [-0.05, 0) is 19.3 Å². The molecule has 0 radical (unpaired) electrons. The molecular formula is C54H105NO12S. The quantitative estimate of drug-likeness (QED) is 0.0172. The zero-order chi connectivity index (χ0) is 49.9. The highest BCUT2D eigenvalue weighted by Crippen LogP contribution is 2.26. The number of carbonyl (C=O) groups is 1. The smallest absolute Gasteiger partial charge is 0.394 e. The fourth-order valence-corrected chi connectivity index (χ4v) is 9.74. The van der Waals surface area contributed by atoms with Crippen molar-refractivity contribution in [3.63, 3.8) is 0 Å². The lowest BCUT2D eigenvalue weighted by atomic mass is 9.99. The zero-order valence-corrected chi connectivity index (χ0v) is 44.1. The summed E-state index contributed by atoms with van der Waals surface area (Å²) >= 11 is 0. The van der Waals surface area contributed by atoms with Crippen LogP contribution in [0, 0.1) is 0 Å². The molecule has 1 fully saturated rings. The lowest BCUT2D eigenvalue weighted by molar-refractivity contribution is -0.298. The van der Waals surface area contributed by atoms with Crippen LogP contribution in [0.4, 0.5) is 0 Å². The summed E-state index contributed by atoms with van der Waals surface area (Å²) in [6.45, 7) is 3.27. The van der Waals surface area contributed by atoms with E-state index in [2.05, 4.69) is 23.3 Å². The highest BCUT2D eigenvalue weighted by atomic mass is 32.3. The Labute approximate surface area is 415 Å². The molecule has 68 heavy (non-hydrogen) atoms. The molecule has 1 aliphatic rings. The maximum Gasteiger partial charge on any atom is 0.397 e. The second kappa shape index (κ2) is 44.5. The van der Waals surface area contributed by atoms with Gasteiger partial charge >= 0.3 is 10.4 Å². The summed E-state index contributed by atoms with van der Waals surface area (Å²) < 4.78 is 47.7. The zero-order valence-electron chi connectivity index (χ0n) is 43.3. The number of carbonyl (C=O) groups excluding carboxylic acids is 1. The van der Waals surface area contributed by atoms with Crippen LogP contribution in [-0.2, 0) is 28.9 Å². The average Bonchev–Trinajstić information content (AvgIpc) is 3.31. The molecule has 13 nitrogen and oxygen atoms in total. The summed E-state index contributed by atoms with van der Waals surface area (Å²) in [5.74, 6) is -0.696. The first-order valence-electron chi connectivity index (χ1n) is 28.2. The first-order valence-corrected chi connectivity index (χ1v) is 29.5. The Hall–Kier alpha value is -1.20. The average molecular weight is 992 g/mol. The van der Waals surface area contributed by atoms with Crippen molar-refractivity contribution in [1.29, 1.82) is 0 Å². The van der Waals surface area contributed by atoms with Gasteiger partial charge in [-0.15, -0.1) is 0 Å². The van der Waals surface area contributed by atoms with Gasteiger partial charge in [0.05, 0.1) is 25.4 Å². The SMILES string of the molecule is CCCCCCCCCCCCCCCCCC/C=C/C(O)C(COC1OC(CO)C(O)C(OS(=O)(=O)O)C1O)NC(=O)C(O)CCCCCCCCCCCCCCCCCCCCCCC. The van der Waals surface area contributed by atoms with E-state index in [1.807, 2.05) is 6.08 Å². The van der Waals surface area contributed by atoms with E-state index in [0.717, 1.165) is 38.5 Å². The van der Waals surface area contributed by atoms with Crippen molar-refractivity contribution in [2.24, 2.45) is 0 Å². The van der Waals surface area contributed by atoms with Gasteiger partial charge in [-0.3, -0.25) is 9.35 Å². The standard InChI is InChI=1S/C54H105NO12S/c1-3-5-7-9-11-13-15-17-19-21-23-24-25-27-29-31-33-35-37-39-41-43-48(58)53(61)55-46(45-65-54-51(60)52(67-68(62,63)64)50(59)49(44-56)66-54)47(57)42-40-38-36-34-32-30-28-26-22-20-18-16-14-12-10-8-6-4-2/h40,42,46-52,54,56-60H,3-39,41,43-45H2,1-2H3,(H,55,61)(H,62,63,64)/b42-40+. The van der Waals surface area contributed by atoms with Crippen molar-refractivity contribution in [3.05, 3.63) is 12.2 Å². The van der Waals surface area contributed by atoms with Crippen molar-refractivity contribution < 1.29 is 57.0 Å². The van der Waals surface area contributed by atoms with E-state index < -0.39 is 78.5 Å². The summed E-state index contributed by atoms with van der Waals surface area (Å²) in [4.78, 5) is 13.2. The Bertz CT molecular complexity index is 1270. The number of rotatable bonds is 49. The molecule has 1 amide bonds. The van der Waals surface area contributed by atoms with Gasteiger partial charge in [0.25, 0.3) is 0 Å². The minimum absolute atomic E-state index is 0.249. The molecule has 0 aromatic carbocycles. The number of aliphatic hydroxyl groups is 5. The number of hydrogen-bond donors (Lipinski definition) is 7. The molecule has 1 saturated heterocycles. The highest BCUT2D eigenvalue weighted by molar-refractivity contribution is 7.80. The van der Waals surface area contributed by atoms with Crippen LogP contribution in [0.25, 0.3) is 0 Å². The lowest BCUT2D eigenvalue weighted by Gasteiger charge is -2.41. The third kappa shape index (κ3) is 35.8. The van der Waals surface area contributed by atoms with Crippen molar-refractivity contribution in [2.45, 2.75) is 313 Å². The van der Waals surface area contributed by atoms with Gasteiger partial charge in [0.1, 0.15) is 30.5 Å². The number of ether oxygens (including phenoxy) is 2. The second-order valence-corrected chi connectivity index (χ2v) is 21.1. The van der Waals surface area contributed by atoms with Gasteiger partial charge in [-0.2, -0.15) is 8.42 Å². The number of amides is 1. The van der Waals surface area contributed by atoms with E-state index in [4.69, 9.17) is 9.47 Å². The largest absolute Gasteiger partial charge is 0.397 e. The third-order valence-corrected chi connectivity index (χ3v) is 14.1. The second-order valence-electron chi connectivity index (χ2n) is 20.0. The predicted molar refractivity (Wildman–Crippen MR) is 275 cm³/mol. The minimum atomic E-state index is -5.12. The van der Waals surface area contributed by atoms with Crippen LogP contribution in [0.2, 0.25) is 0 Å². The number of aliphatic hydroxyl groups excluding tert-OH is 5. The van der Waals surface area contributed by atoms with Gasteiger partial charge in [-0.1, -0.05) is 257 Å². The Kier molecular flexibility index (Phi) is 42.4. The molecule has 7 N–H and O–H groups in total. The van der Waals surface area contributed by atoms with Crippen LogP contribution < -0.4 is 5.32 Å². The fraction of sp³-hybridized carbons (Fsp3) is 0.944. The maximum absolute atomic E-state index is 13.2. The van der Waals surface area contributed by atoms with Crippen LogP contribution in [0.3, 0.4) is 0 Å². The minimum Gasteiger partial charge on any atom is -0.394 e. The molecule has 0 saturated carbocycles. The Morgan fingerprint density at radius 1 is 0.588 bits per heavy atom. The summed E-state index contributed by atoms with van der Waals surface area (Å²) in [5.41, 5.74) is 0. The molecule has 0 aromatic heterocycles. The molecule has 404 valence electrons. The number of nitrogens with one attached hydrogen (secondary N) is 1. The van der Waals surface area contributed by atoms with Gasteiger partial charge in [-0.25, -0.2) is 4.18 Å². The molecule has 1 rings (SSSR count). The topological polar surface area (TPSA) is 212 Å². The number of hydrogen-bond acceptors (Lipinski definition) is 11. The van der Waals surface area contributed by atoms with Gasteiger partial charge in [0, 0.05) is 0 Å². The molecule has 8 unspecified atom stereocenters. The van der Waals surface area contributed by atoms with Gasteiger partial charge in [0.2, 0.25) is 5.91 Å². The summed E-state index contributed by atoms with van der Waals surface area (Å²) in [7, 11) is -5.12. The molecule has 1 heterocycles. The molecule has 0 aromatic rings. The first kappa shape index (κ1) is 64.8. The van der Waals surface area contributed by atoms with Crippen LogP contribution in [-0.4, -0.2) is 107 Å². The van der Waals surface area contributed by atoms with Crippen molar-refractivity contribution in [2.75, 3.05) is 13.2 Å². The normalized spacial score (nSPS) is 20.3.